The lowest BCUT2D eigenvalue weighted by Gasteiger charge is -1.99. The van der Waals surface area contributed by atoms with Gasteiger partial charge in [-0.3, -0.25) is 0 Å². The van der Waals surface area contributed by atoms with Gasteiger partial charge in [-0.25, -0.2) is 0 Å². The van der Waals surface area contributed by atoms with Crippen LogP contribution in [-0.4, -0.2) is 0 Å². The summed E-state index contributed by atoms with van der Waals surface area (Å²) < 4.78 is 0. The predicted molar refractivity (Wildman–Crippen MR) is 66.9 cm³/mol. The van der Waals surface area contributed by atoms with E-state index in [9.17, 15) is 0 Å². The van der Waals surface area contributed by atoms with Crippen LogP contribution < -0.4 is 10.4 Å². The van der Waals surface area contributed by atoms with Crippen molar-refractivity contribution in [1.82, 2.24) is 0 Å². The van der Waals surface area contributed by atoms with Crippen LogP contribution >= 0.6 is 0 Å². The van der Waals surface area contributed by atoms with Crippen molar-refractivity contribution < 1.29 is 0 Å². The molecule has 0 spiro atoms. The first-order valence-electron chi connectivity index (χ1n) is 5.32. The van der Waals surface area contributed by atoms with Crippen molar-refractivity contribution in [3.63, 3.8) is 0 Å². The van der Waals surface area contributed by atoms with Crippen LogP contribution in [0.5, 0.6) is 0 Å². The number of rotatable bonds is 1. The van der Waals surface area contributed by atoms with E-state index in [2.05, 4.69) is 35.7 Å². The summed E-state index contributed by atoms with van der Waals surface area (Å²) in [7, 11) is 0. The minimum Gasteiger partial charge on any atom is -0.110 e. The first kappa shape index (κ1) is 9.00. The molecule has 74 valence electrons. The molecule has 0 heterocycles. The summed E-state index contributed by atoms with van der Waals surface area (Å²) in [5, 5.41) is 2.23. The third kappa shape index (κ3) is 1.53. The molecule has 0 aliphatic heterocycles. The summed E-state index contributed by atoms with van der Waals surface area (Å²) in [4.78, 5) is 0. The Kier molecular flexibility index (Phi) is 2.09. The fourth-order valence-corrected chi connectivity index (χ4v) is 1.82. The zero-order valence-corrected chi connectivity index (χ0v) is 8.77. The smallest absolute Gasteiger partial charge is 0.0321 e. The molecule has 0 N–H and O–H groups in total. The van der Waals surface area contributed by atoms with E-state index in [0.717, 1.165) is 16.0 Å². The molecule has 2 aromatic carbocycles. The maximum Gasteiger partial charge on any atom is 0.0321 e. The number of hydrogen-bond donors (Lipinski definition) is 0. The zero-order chi connectivity index (χ0) is 10.8. The van der Waals surface area contributed by atoms with Crippen LogP contribution in [-0.2, 0) is 0 Å². The van der Waals surface area contributed by atoms with Gasteiger partial charge in [0.25, 0.3) is 0 Å². The van der Waals surface area contributed by atoms with Gasteiger partial charge < -0.3 is 0 Å². The summed E-state index contributed by atoms with van der Waals surface area (Å²) in [5.41, 5.74) is 8.98. The van der Waals surface area contributed by atoms with Crippen LogP contribution in [0.2, 0.25) is 0 Å². The maximum atomic E-state index is 3.41. The van der Waals surface area contributed by atoms with E-state index in [-0.39, 0.29) is 0 Å². The minimum absolute atomic E-state index is 1.10. The SMILES string of the molecule is C1=CC(c2ccccc2)=C=c2ccccc2=1. The average molecular weight is 202 g/mol. The van der Waals surface area contributed by atoms with Crippen molar-refractivity contribution in [2.75, 3.05) is 0 Å². The highest BCUT2D eigenvalue weighted by molar-refractivity contribution is 5.84. The molecule has 0 radical (unpaired) electrons. The van der Waals surface area contributed by atoms with Crippen LogP contribution in [0, 0.1) is 0 Å². The molecule has 0 bridgehead atoms. The molecule has 0 amide bonds. The van der Waals surface area contributed by atoms with Crippen molar-refractivity contribution >= 4 is 17.0 Å². The van der Waals surface area contributed by atoms with Gasteiger partial charge in [0.2, 0.25) is 0 Å². The van der Waals surface area contributed by atoms with Gasteiger partial charge >= 0.3 is 0 Å². The Hall–Kier alpha value is -2.26. The molecule has 0 heteroatoms. The van der Waals surface area contributed by atoms with E-state index >= 15 is 0 Å². The van der Waals surface area contributed by atoms with Crippen LogP contribution in [0.4, 0.5) is 0 Å². The lowest BCUT2D eigenvalue weighted by atomic mass is 10.0. The maximum absolute atomic E-state index is 3.41. The molecule has 16 heavy (non-hydrogen) atoms. The van der Waals surface area contributed by atoms with Crippen molar-refractivity contribution in [3.8, 4) is 0 Å². The fourth-order valence-electron chi connectivity index (χ4n) is 1.82. The van der Waals surface area contributed by atoms with Gasteiger partial charge in [-0.2, -0.15) is 0 Å². The van der Waals surface area contributed by atoms with Gasteiger partial charge in [0, 0.05) is 16.0 Å². The van der Waals surface area contributed by atoms with E-state index in [4.69, 9.17) is 0 Å². The van der Waals surface area contributed by atoms with Crippen LogP contribution in [0.25, 0.3) is 17.0 Å². The molecule has 0 nitrogen and oxygen atoms in total. The standard InChI is InChI=1S/C16H10/c1-2-6-13(7-3-1)16-11-10-14-8-4-5-9-15(14)12-16/h1-9,11H. The van der Waals surface area contributed by atoms with Crippen LogP contribution in [0.15, 0.2) is 60.7 Å². The number of benzene rings is 2. The minimum atomic E-state index is 1.10. The number of hydrogen-bond acceptors (Lipinski definition) is 0. The van der Waals surface area contributed by atoms with Gasteiger partial charge in [0.05, 0.1) is 0 Å². The second-order valence-electron chi connectivity index (χ2n) is 3.74. The first-order chi connectivity index (χ1) is 7.93. The third-order valence-electron chi connectivity index (χ3n) is 2.65. The molecular formula is C16H10. The molecule has 1 aliphatic carbocycles. The molecule has 3 rings (SSSR count). The lowest BCUT2D eigenvalue weighted by molar-refractivity contribution is 1.52. The zero-order valence-electron chi connectivity index (χ0n) is 8.77. The monoisotopic (exact) mass is 202 g/mol. The van der Waals surface area contributed by atoms with E-state index < -0.39 is 0 Å². The van der Waals surface area contributed by atoms with Crippen LogP contribution in [0.3, 0.4) is 0 Å². The number of fused-ring (bicyclic) bond motifs is 1. The summed E-state index contributed by atoms with van der Waals surface area (Å²) in [5.74, 6) is 0. The van der Waals surface area contributed by atoms with E-state index in [1.165, 1.54) is 5.56 Å². The lowest BCUT2D eigenvalue weighted by Crippen LogP contribution is -2.22. The second-order valence-corrected chi connectivity index (χ2v) is 3.74. The molecule has 0 saturated heterocycles. The van der Waals surface area contributed by atoms with E-state index in [0.29, 0.717) is 0 Å². The molecule has 1 aliphatic rings. The van der Waals surface area contributed by atoms with Crippen molar-refractivity contribution in [1.29, 1.82) is 0 Å². The van der Waals surface area contributed by atoms with Gasteiger partial charge in [-0.1, -0.05) is 42.5 Å². The van der Waals surface area contributed by atoms with Gasteiger partial charge in [-0.05, 0) is 23.8 Å². The Morgan fingerprint density at radius 1 is 0.688 bits per heavy atom. The first-order valence-corrected chi connectivity index (χ1v) is 5.32. The van der Waals surface area contributed by atoms with Crippen molar-refractivity contribution in [3.05, 3.63) is 76.7 Å². The Morgan fingerprint density at radius 3 is 2.19 bits per heavy atom. The molecule has 0 saturated carbocycles. The molecule has 0 unspecified atom stereocenters. The van der Waals surface area contributed by atoms with Crippen molar-refractivity contribution in [2.45, 2.75) is 0 Å². The topological polar surface area (TPSA) is 0 Å². The van der Waals surface area contributed by atoms with E-state index in [1.807, 2.05) is 36.4 Å². The predicted octanol–water partition coefficient (Wildman–Crippen LogP) is 2.10. The summed E-state index contributed by atoms with van der Waals surface area (Å²) in [6, 6.07) is 18.5. The molecular weight excluding hydrogens is 192 g/mol. The highest BCUT2D eigenvalue weighted by Gasteiger charge is 1.97. The largest absolute Gasteiger partial charge is 0.110 e. The molecule has 0 aromatic heterocycles. The van der Waals surface area contributed by atoms with Crippen molar-refractivity contribution in [2.24, 2.45) is 0 Å². The Bertz CT molecular complexity index is 708. The summed E-state index contributed by atoms with van der Waals surface area (Å²) in [6.07, 6.45) is 2.00. The van der Waals surface area contributed by atoms with Crippen LogP contribution in [0.1, 0.15) is 5.56 Å². The molecule has 0 atom stereocenters. The highest BCUT2D eigenvalue weighted by atomic mass is 14.0. The second kappa shape index (κ2) is 3.72. The van der Waals surface area contributed by atoms with Gasteiger partial charge in [0.15, 0.2) is 0 Å². The Labute approximate surface area is 94.2 Å². The normalized spacial score (nSPS) is 12.1. The van der Waals surface area contributed by atoms with Gasteiger partial charge in [-0.15, -0.1) is 11.5 Å². The average Bonchev–Trinajstić information content (AvgIpc) is 2.39. The summed E-state index contributed by atoms with van der Waals surface area (Å²) in [6.45, 7) is 0. The summed E-state index contributed by atoms with van der Waals surface area (Å²) >= 11 is 0. The third-order valence-corrected chi connectivity index (χ3v) is 2.65. The fraction of sp³-hybridized carbons (Fsp3) is 0. The Morgan fingerprint density at radius 2 is 1.38 bits per heavy atom. The Balaban J connectivity index is 2.32. The van der Waals surface area contributed by atoms with Gasteiger partial charge in [0.1, 0.15) is 0 Å². The highest BCUT2D eigenvalue weighted by Crippen LogP contribution is 2.13. The van der Waals surface area contributed by atoms with E-state index in [1.54, 1.807) is 0 Å². The number of allylic oxidation sites excluding steroid dienone is 2. The quantitative estimate of drug-likeness (QED) is 0.664. The molecule has 0 fully saturated rings. The molecule has 2 aromatic rings.